The SMILES string of the molecule is CC(CN)CCc1nc2ccc(Br)cc2[nH]1. The van der Waals surface area contributed by atoms with Gasteiger partial charge in [0.15, 0.2) is 0 Å². The summed E-state index contributed by atoms with van der Waals surface area (Å²) in [6.07, 6.45) is 2.04. The first kappa shape index (κ1) is 11.6. The Morgan fingerprint density at radius 2 is 2.31 bits per heavy atom. The lowest BCUT2D eigenvalue weighted by molar-refractivity contribution is 0.538. The Morgan fingerprint density at radius 3 is 3.06 bits per heavy atom. The molecule has 1 heterocycles. The third kappa shape index (κ3) is 2.62. The molecule has 86 valence electrons. The van der Waals surface area contributed by atoms with E-state index in [0.717, 1.165) is 40.7 Å². The lowest BCUT2D eigenvalue weighted by Gasteiger charge is -2.05. The van der Waals surface area contributed by atoms with Crippen LogP contribution in [0.5, 0.6) is 0 Å². The van der Waals surface area contributed by atoms with E-state index >= 15 is 0 Å². The maximum Gasteiger partial charge on any atom is 0.107 e. The number of fused-ring (bicyclic) bond motifs is 1. The minimum atomic E-state index is 0.556. The zero-order valence-corrected chi connectivity index (χ0v) is 10.9. The minimum Gasteiger partial charge on any atom is -0.342 e. The number of aromatic nitrogens is 2. The molecule has 2 aromatic rings. The summed E-state index contributed by atoms with van der Waals surface area (Å²) < 4.78 is 1.07. The molecule has 0 amide bonds. The molecule has 0 aliphatic carbocycles. The highest BCUT2D eigenvalue weighted by atomic mass is 79.9. The highest BCUT2D eigenvalue weighted by Gasteiger charge is 2.05. The quantitative estimate of drug-likeness (QED) is 0.906. The third-order valence-corrected chi connectivity index (χ3v) is 3.26. The first-order valence-corrected chi connectivity index (χ1v) is 6.32. The number of nitrogens with two attached hydrogens (primary N) is 1. The molecule has 1 atom stereocenters. The summed E-state index contributed by atoms with van der Waals surface area (Å²) in [7, 11) is 0. The van der Waals surface area contributed by atoms with Crippen molar-refractivity contribution >= 4 is 27.0 Å². The Bertz CT molecular complexity index is 478. The van der Waals surface area contributed by atoms with Crippen LogP contribution in [-0.2, 0) is 6.42 Å². The van der Waals surface area contributed by atoms with Gasteiger partial charge < -0.3 is 10.7 Å². The molecule has 0 radical (unpaired) electrons. The van der Waals surface area contributed by atoms with E-state index < -0.39 is 0 Å². The van der Waals surface area contributed by atoms with E-state index in [1.165, 1.54) is 0 Å². The Labute approximate surface area is 104 Å². The Hall–Kier alpha value is -0.870. The van der Waals surface area contributed by atoms with Crippen molar-refractivity contribution in [3.05, 3.63) is 28.5 Å². The van der Waals surface area contributed by atoms with Crippen molar-refractivity contribution in [1.29, 1.82) is 0 Å². The van der Waals surface area contributed by atoms with Gasteiger partial charge in [0, 0.05) is 10.9 Å². The second-order valence-corrected chi connectivity index (χ2v) is 5.14. The van der Waals surface area contributed by atoms with Crippen molar-refractivity contribution in [1.82, 2.24) is 9.97 Å². The molecule has 3 nitrogen and oxygen atoms in total. The highest BCUT2D eigenvalue weighted by molar-refractivity contribution is 9.10. The van der Waals surface area contributed by atoms with E-state index in [9.17, 15) is 0 Å². The number of nitrogens with zero attached hydrogens (tertiary/aromatic N) is 1. The van der Waals surface area contributed by atoms with Crippen molar-refractivity contribution in [3.8, 4) is 0 Å². The van der Waals surface area contributed by atoms with Gasteiger partial charge >= 0.3 is 0 Å². The van der Waals surface area contributed by atoms with Gasteiger partial charge in [-0.15, -0.1) is 0 Å². The van der Waals surface area contributed by atoms with Gasteiger partial charge in [-0.05, 0) is 37.1 Å². The van der Waals surface area contributed by atoms with Crippen LogP contribution in [0.2, 0.25) is 0 Å². The molecule has 0 aliphatic heterocycles. The molecular formula is C12H16BrN3. The summed E-state index contributed by atoms with van der Waals surface area (Å²) in [6, 6.07) is 6.08. The third-order valence-electron chi connectivity index (χ3n) is 2.77. The van der Waals surface area contributed by atoms with Crippen molar-refractivity contribution in [2.75, 3.05) is 6.54 Å². The summed E-state index contributed by atoms with van der Waals surface area (Å²) in [6.45, 7) is 2.91. The highest BCUT2D eigenvalue weighted by Crippen LogP contribution is 2.18. The molecule has 1 aromatic heterocycles. The van der Waals surface area contributed by atoms with Crippen molar-refractivity contribution in [3.63, 3.8) is 0 Å². The van der Waals surface area contributed by atoms with Crippen LogP contribution in [0, 0.1) is 5.92 Å². The van der Waals surface area contributed by atoms with Crippen LogP contribution in [-0.4, -0.2) is 16.5 Å². The lowest BCUT2D eigenvalue weighted by Crippen LogP contribution is -2.11. The van der Waals surface area contributed by atoms with Gasteiger partial charge in [0.25, 0.3) is 0 Å². The first-order chi connectivity index (χ1) is 7.69. The molecule has 2 rings (SSSR count). The molecule has 1 aromatic carbocycles. The maximum absolute atomic E-state index is 5.59. The summed E-state index contributed by atoms with van der Waals surface area (Å²) in [5.41, 5.74) is 7.71. The number of nitrogens with one attached hydrogen (secondary N) is 1. The molecule has 0 saturated carbocycles. The average Bonchev–Trinajstić information content (AvgIpc) is 2.67. The Balaban J connectivity index is 2.13. The molecule has 4 heteroatoms. The molecule has 0 saturated heterocycles. The smallest absolute Gasteiger partial charge is 0.107 e. The normalized spacial score (nSPS) is 13.2. The predicted octanol–water partition coefficient (Wildman–Crippen LogP) is 2.85. The van der Waals surface area contributed by atoms with E-state index in [2.05, 4.69) is 38.9 Å². The number of halogens is 1. The van der Waals surface area contributed by atoms with Crippen LogP contribution in [0.25, 0.3) is 11.0 Å². The van der Waals surface area contributed by atoms with E-state index in [0.29, 0.717) is 5.92 Å². The van der Waals surface area contributed by atoms with E-state index in [1.807, 2.05) is 12.1 Å². The van der Waals surface area contributed by atoms with E-state index in [4.69, 9.17) is 5.73 Å². The summed E-state index contributed by atoms with van der Waals surface area (Å²) in [5.74, 6) is 1.60. The second kappa shape index (κ2) is 4.97. The van der Waals surface area contributed by atoms with Gasteiger partial charge in [-0.2, -0.15) is 0 Å². The maximum atomic E-state index is 5.59. The summed E-state index contributed by atoms with van der Waals surface area (Å²) in [5, 5.41) is 0. The number of H-pyrrole nitrogens is 1. The lowest BCUT2D eigenvalue weighted by atomic mass is 10.1. The minimum absolute atomic E-state index is 0.556. The van der Waals surface area contributed by atoms with Gasteiger partial charge in [-0.25, -0.2) is 4.98 Å². The van der Waals surface area contributed by atoms with Crippen LogP contribution in [0.1, 0.15) is 19.2 Å². The topological polar surface area (TPSA) is 54.7 Å². The van der Waals surface area contributed by atoms with E-state index in [-0.39, 0.29) is 0 Å². The predicted molar refractivity (Wildman–Crippen MR) is 70.3 cm³/mol. The number of aromatic amines is 1. The fourth-order valence-corrected chi connectivity index (χ4v) is 2.02. The molecule has 16 heavy (non-hydrogen) atoms. The number of hydrogen-bond donors (Lipinski definition) is 2. The Kier molecular flexibility index (Phi) is 3.61. The molecule has 0 aliphatic rings. The average molecular weight is 282 g/mol. The molecule has 1 unspecified atom stereocenters. The largest absolute Gasteiger partial charge is 0.342 e. The standard InChI is InChI=1S/C12H16BrN3/c1-8(7-14)2-5-12-15-10-4-3-9(13)6-11(10)16-12/h3-4,6,8H,2,5,7,14H2,1H3,(H,15,16). The summed E-state index contributed by atoms with van der Waals surface area (Å²) in [4.78, 5) is 7.88. The van der Waals surface area contributed by atoms with Gasteiger partial charge in [0.05, 0.1) is 11.0 Å². The molecule has 3 N–H and O–H groups in total. The molecule has 0 bridgehead atoms. The van der Waals surface area contributed by atoms with Gasteiger partial charge in [-0.3, -0.25) is 0 Å². The van der Waals surface area contributed by atoms with Crippen LogP contribution in [0.4, 0.5) is 0 Å². The monoisotopic (exact) mass is 281 g/mol. The van der Waals surface area contributed by atoms with Gasteiger partial charge in [0.2, 0.25) is 0 Å². The molecular weight excluding hydrogens is 266 g/mol. The van der Waals surface area contributed by atoms with Crippen molar-refractivity contribution < 1.29 is 0 Å². The Morgan fingerprint density at radius 1 is 1.50 bits per heavy atom. The summed E-state index contributed by atoms with van der Waals surface area (Å²) >= 11 is 3.45. The van der Waals surface area contributed by atoms with Crippen LogP contribution >= 0.6 is 15.9 Å². The fourth-order valence-electron chi connectivity index (χ4n) is 1.65. The van der Waals surface area contributed by atoms with Gasteiger partial charge in [0.1, 0.15) is 5.82 Å². The number of rotatable bonds is 4. The van der Waals surface area contributed by atoms with Crippen LogP contribution in [0.15, 0.2) is 22.7 Å². The second-order valence-electron chi connectivity index (χ2n) is 4.22. The number of imidazole rings is 1. The zero-order valence-electron chi connectivity index (χ0n) is 9.33. The van der Waals surface area contributed by atoms with Crippen LogP contribution in [0.3, 0.4) is 0 Å². The number of hydrogen-bond acceptors (Lipinski definition) is 2. The van der Waals surface area contributed by atoms with Crippen LogP contribution < -0.4 is 5.73 Å². The fraction of sp³-hybridized carbons (Fsp3) is 0.417. The van der Waals surface area contributed by atoms with E-state index in [1.54, 1.807) is 0 Å². The molecule has 0 fully saturated rings. The van der Waals surface area contributed by atoms with Gasteiger partial charge in [-0.1, -0.05) is 22.9 Å². The van der Waals surface area contributed by atoms with Crippen molar-refractivity contribution in [2.45, 2.75) is 19.8 Å². The zero-order chi connectivity index (χ0) is 11.5. The first-order valence-electron chi connectivity index (χ1n) is 5.53. The molecule has 0 spiro atoms. The number of aryl methyl sites for hydroxylation is 1. The van der Waals surface area contributed by atoms with Crippen molar-refractivity contribution in [2.24, 2.45) is 11.7 Å². The number of benzene rings is 1.